The van der Waals surface area contributed by atoms with Crippen molar-refractivity contribution in [3.05, 3.63) is 71.8 Å². The zero-order valence-corrected chi connectivity index (χ0v) is 16.0. The third-order valence-corrected chi connectivity index (χ3v) is 5.27. The Hall–Kier alpha value is -1.80. The average Bonchev–Trinajstić information content (AvgIpc) is 3.13. The molecule has 4 rings (SSSR count). The summed E-state index contributed by atoms with van der Waals surface area (Å²) in [6.45, 7) is 3.28. The second kappa shape index (κ2) is 7.55. The quantitative estimate of drug-likeness (QED) is 0.794. The van der Waals surface area contributed by atoms with Crippen LogP contribution in [0.25, 0.3) is 0 Å². The highest BCUT2D eigenvalue weighted by atomic mass is 16.8. The molecule has 1 unspecified atom stereocenters. The van der Waals surface area contributed by atoms with Gasteiger partial charge in [-0.05, 0) is 25.0 Å². The molecule has 28 heavy (non-hydrogen) atoms. The van der Waals surface area contributed by atoms with Crippen LogP contribution in [-0.2, 0) is 18.9 Å². The lowest BCUT2D eigenvalue weighted by atomic mass is 9.96. The van der Waals surface area contributed by atoms with E-state index in [1.807, 2.05) is 60.7 Å². The fraction of sp³-hybridized carbons (Fsp3) is 0.455. The molecule has 2 aromatic carbocycles. The van der Waals surface area contributed by atoms with Crippen LogP contribution < -0.4 is 0 Å². The van der Waals surface area contributed by atoms with Gasteiger partial charge in [0, 0.05) is 0 Å². The zero-order valence-electron chi connectivity index (χ0n) is 16.0. The van der Waals surface area contributed by atoms with E-state index in [1.165, 1.54) is 0 Å². The number of benzene rings is 2. The Kier molecular flexibility index (Phi) is 5.26. The molecule has 0 bridgehead atoms. The lowest BCUT2D eigenvalue weighted by Gasteiger charge is -2.27. The van der Waals surface area contributed by atoms with Crippen LogP contribution >= 0.6 is 0 Å². The molecule has 2 saturated heterocycles. The Morgan fingerprint density at radius 1 is 1.00 bits per heavy atom. The Bertz CT molecular complexity index is 741. The Labute approximate surface area is 164 Å². The zero-order chi connectivity index (χ0) is 19.8. The highest BCUT2D eigenvalue weighted by molar-refractivity contribution is 5.30. The summed E-state index contributed by atoms with van der Waals surface area (Å²) in [4.78, 5) is 0. The number of aliphatic hydroxyl groups excluding tert-OH is 2. The van der Waals surface area contributed by atoms with Gasteiger partial charge in [-0.3, -0.25) is 0 Å². The normalized spacial score (nSPS) is 31.2. The molecule has 2 aliphatic rings. The molecule has 4 atom stereocenters. The number of ether oxygens (including phenoxy) is 4. The molecule has 6 heteroatoms. The van der Waals surface area contributed by atoms with Gasteiger partial charge < -0.3 is 29.2 Å². The molecule has 6 nitrogen and oxygen atoms in total. The standard InChI is InChI=1S/C22H26O6/c1-21(2)27-19-17(26-20(24)22(19,14-23)28-21)13-25-18(15-9-5-3-6-10-15)16-11-7-4-8-12-16/h3-12,17-20,23-24H,13-14H2,1-2H3/t17-,19-,20?,22-/m1/s1. The second-order valence-electron chi connectivity index (χ2n) is 7.72. The summed E-state index contributed by atoms with van der Waals surface area (Å²) in [5.74, 6) is -0.922. The van der Waals surface area contributed by atoms with Crippen LogP contribution in [0.4, 0.5) is 0 Å². The van der Waals surface area contributed by atoms with E-state index in [-0.39, 0.29) is 12.7 Å². The summed E-state index contributed by atoms with van der Waals surface area (Å²) in [6.07, 6.45) is -2.78. The van der Waals surface area contributed by atoms with Crippen molar-refractivity contribution >= 4 is 0 Å². The van der Waals surface area contributed by atoms with Gasteiger partial charge in [-0.2, -0.15) is 0 Å². The van der Waals surface area contributed by atoms with Crippen molar-refractivity contribution in [2.24, 2.45) is 0 Å². The van der Waals surface area contributed by atoms with Crippen LogP contribution in [0.3, 0.4) is 0 Å². The Morgan fingerprint density at radius 2 is 1.57 bits per heavy atom. The van der Waals surface area contributed by atoms with Gasteiger partial charge in [0.2, 0.25) is 0 Å². The first-order valence-corrected chi connectivity index (χ1v) is 9.49. The van der Waals surface area contributed by atoms with Crippen molar-refractivity contribution in [2.45, 2.75) is 49.8 Å². The summed E-state index contributed by atoms with van der Waals surface area (Å²) < 4.78 is 23.7. The monoisotopic (exact) mass is 386 g/mol. The second-order valence-corrected chi connectivity index (χ2v) is 7.72. The third-order valence-electron chi connectivity index (χ3n) is 5.27. The predicted molar refractivity (Wildman–Crippen MR) is 101 cm³/mol. The fourth-order valence-corrected chi connectivity index (χ4v) is 4.04. The molecule has 2 aromatic rings. The van der Waals surface area contributed by atoms with Crippen LogP contribution in [0.2, 0.25) is 0 Å². The van der Waals surface area contributed by atoms with Gasteiger partial charge in [-0.1, -0.05) is 60.7 Å². The third kappa shape index (κ3) is 3.48. The summed E-state index contributed by atoms with van der Waals surface area (Å²) >= 11 is 0. The van der Waals surface area contributed by atoms with Gasteiger partial charge in [0.1, 0.15) is 18.3 Å². The first-order valence-electron chi connectivity index (χ1n) is 9.49. The molecule has 2 heterocycles. The van der Waals surface area contributed by atoms with E-state index in [4.69, 9.17) is 18.9 Å². The topological polar surface area (TPSA) is 77.4 Å². The van der Waals surface area contributed by atoms with Crippen LogP contribution in [0.15, 0.2) is 60.7 Å². The van der Waals surface area contributed by atoms with E-state index in [2.05, 4.69) is 0 Å². The van der Waals surface area contributed by atoms with Crippen molar-refractivity contribution in [1.29, 1.82) is 0 Å². The molecular formula is C22H26O6. The van der Waals surface area contributed by atoms with Crippen LogP contribution in [0.5, 0.6) is 0 Å². The van der Waals surface area contributed by atoms with E-state index < -0.39 is 36.5 Å². The first-order chi connectivity index (χ1) is 13.5. The molecule has 2 fully saturated rings. The largest absolute Gasteiger partial charge is 0.393 e. The Balaban J connectivity index is 1.55. The van der Waals surface area contributed by atoms with E-state index in [9.17, 15) is 10.2 Å². The Morgan fingerprint density at radius 3 is 2.11 bits per heavy atom. The summed E-state index contributed by atoms with van der Waals surface area (Å²) in [7, 11) is 0. The fourth-order valence-electron chi connectivity index (χ4n) is 4.04. The molecule has 2 aliphatic heterocycles. The summed E-state index contributed by atoms with van der Waals surface area (Å²) in [6, 6.07) is 19.9. The molecule has 0 aromatic heterocycles. The van der Waals surface area contributed by atoms with E-state index in [0.717, 1.165) is 11.1 Å². The van der Waals surface area contributed by atoms with E-state index in [1.54, 1.807) is 13.8 Å². The SMILES string of the molecule is CC1(C)O[C@@H]2[C@@H](COC(c3ccccc3)c3ccccc3)OC(O)[C@]2(CO)O1. The lowest BCUT2D eigenvalue weighted by Crippen LogP contribution is -2.50. The summed E-state index contributed by atoms with van der Waals surface area (Å²) in [5.41, 5.74) is 0.737. The number of rotatable bonds is 6. The molecule has 150 valence electrons. The maximum atomic E-state index is 10.4. The summed E-state index contributed by atoms with van der Waals surface area (Å²) in [5, 5.41) is 20.3. The molecule has 0 spiro atoms. The van der Waals surface area contributed by atoms with E-state index in [0.29, 0.717) is 0 Å². The highest BCUT2D eigenvalue weighted by Gasteiger charge is 2.65. The van der Waals surface area contributed by atoms with Crippen LogP contribution in [0.1, 0.15) is 31.1 Å². The van der Waals surface area contributed by atoms with Gasteiger partial charge in [-0.25, -0.2) is 0 Å². The molecule has 2 N–H and O–H groups in total. The number of fused-ring (bicyclic) bond motifs is 1. The lowest BCUT2D eigenvalue weighted by molar-refractivity contribution is -0.255. The van der Waals surface area contributed by atoms with Gasteiger partial charge in [0.05, 0.1) is 13.2 Å². The van der Waals surface area contributed by atoms with Crippen molar-refractivity contribution in [3.63, 3.8) is 0 Å². The van der Waals surface area contributed by atoms with Gasteiger partial charge >= 0.3 is 0 Å². The van der Waals surface area contributed by atoms with E-state index >= 15 is 0 Å². The molecule has 0 amide bonds. The van der Waals surface area contributed by atoms with Crippen LogP contribution in [-0.4, -0.2) is 53.3 Å². The maximum absolute atomic E-state index is 10.4. The molecule has 0 aliphatic carbocycles. The number of hydrogen-bond acceptors (Lipinski definition) is 6. The number of aliphatic hydroxyl groups is 2. The minimum atomic E-state index is -1.30. The molecule has 0 radical (unpaired) electrons. The first kappa shape index (κ1) is 19.5. The van der Waals surface area contributed by atoms with Gasteiger partial charge in [0.15, 0.2) is 17.7 Å². The minimum absolute atomic E-state index is 0.178. The maximum Gasteiger partial charge on any atom is 0.189 e. The highest BCUT2D eigenvalue weighted by Crippen LogP contribution is 2.46. The van der Waals surface area contributed by atoms with Crippen LogP contribution in [0, 0.1) is 0 Å². The number of hydrogen-bond donors (Lipinski definition) is 2. The smallest absolute Gasteiger partial charge is 0.189 e. The van der Waals surface area contributed by atoms with Crippen molar-refractivity contribution in [1.82, 2.24) is 0 Å². The molecular weight excluding hydrogens is 360 g/mol. The predicted octanol–water partition coefficient (Wildman–Crippen LogP) is 2.39. The van der Waals surface area contributed by atoms with Crippen molar-refractivity contribution in [2.75, 3.05) is 13.2 Å². The average molecular weight is 386 g/mol. The van der Waals surface area contributed by atoms with Gasteiger partial charge in [0.25, 0.3) is 0 Å². The van der Waals surface area contributed by atoms with Crippen molar-refractivity contribution < 1.29 is 29.2 Å². The minimum Gasteiger partial charge on any atom is -0.393 e. The van der Waals surface area contributed by atoms with Gasteiger partial charge in [-0.15, -0.1) is 0 Å². The molecule has 0 saturated carbocycles. The van der Waals surface area contributed by atoms with Crippen molar-refractivity contribution in [3.8, 4) is 0 Å².